The zero-order valence-corrected chi connectivity index (χ0v) is 18.7. The lowest BCUT2D eigenvalue weighted by Crippen LogP contribution is -2.46. The average Bonchev–Trinajstić information content (AvgIpc) is 3.39. The number of amides is 2. The van der Waals surface area contributed by atoms with Gasteiger partial charge in [-0.15, -0.1) is 0 Å². The molecule has 1 saturated carbocycles. The largest absolute Gasteiger partial charge is 0.451 e. The smallest absolute Gasteiger partial charge is 0.289 e. The summed E-state index contributed by atoms with van der Waals surface area (Å²) < 4.78 is 11.8. The number of likely N-dealkylation sites (tertiary alicyclic amines) is 1. The van der Waals surface area contributed by atoms with E-state index in [0.717, 1.165) is 23.8 Å². The van der Waals surface area contributed by atoms with E-state index in [4.69, 9.17) is 9.15 Å². The fraction of sp³-hybridized carbons (Fsp3) is 0.600. The van der Waals surface area contributed by atoms with E-state index in [1.54, 1.807) is 0 Å². The number of rotatable bonds is 7. The van der Waals surface area contributed by atoms with Crippen molar-refractivity contribution in [2.45, 2.75) is 77.5 Å². The van der Waals surface area contributed by atoms with Gasteiger partial charge in [0.05, 0.1) is 12.7 Å². The molecular weight excluding hydrogens is 392 g/mol. The van der Waals surface area contributed by atoms with E-state index in [0.29, 0.717) is 43.4 Å². The van der Waals surface area contributed by atoms with Gasteiger partial charge in [0.2, 0.25) is 5.91 Å². The number of fused-ring (bicyclic) bond motifs is 1. The van der Waals surface area contributed by atoms with Crippen molar-refractivity contribution in [3.8, 4) is 0 Å². The summed E-state index contributed by atoms with van der Waals surface area (Å²) in [4.78, 5) is 27.5. The topological polar surface area (TPSA) is 71.8 Å². The second-order valence-corrected chi connectivity index (χ2v) is 9.25. The Kier molecular flexibility index (Phi) is 6.96. The Hall–Kier alpha value is -2.34. The number of hydrogen-bond acceptors (Lipinski definition) is 4. The molecule has 2 aromatic rings. The van der Waals surface area contributed by atoms with Crippen molar-refractivity contribution in [2.24, 2.45) is 5.92 Å². The molecule has 168 valence electrons. The van der Waals surface area contributed by atoms with E-state index >= 15 is 0 Å². The van der Waals surface area contributed by atoms with Crippen LogP contribution < -0.4 is 5.32 Å². The SMILES string of the molecule is CC(C)OCc1c(C(=O)N2CCC(NC(=O)CC3CCCC3)CC2)oc2ccccc12. The molecule has 6 nitrogen and oxygen atoms in total. The molecule has 2 heterocycles. The highest BCUT2D eigenvalue weighted by Crippen LogP contribution is 2.29. The van der Waals surface area contributed by atoms with Crippen LogP contribution in [0.4, 0.5) is 0 Å². The summed E-state index contributed by atoms with van der Waals surface area (Å²) in [5, 5.41) is 4.12. The van der Waals surface area contributed by atoms with Gasteiger partial charge in [-0.2, -0.15) is 0 Å². The zero-order chi connectivity index (χ0) is 21.8. The fourth-order valence-corrected chi connectivity index (χ4v) is 4.80. The number of para-hydroxylation sites is 1. The Morgan fingerprint density at radius 2 is 1.84 bits per heavy atom. The predicted molar refractivity (Wildman–Crippen MR) is 120 cm³/mol. The maximum absolute atomic E-state index is 13.3. The highest BCUT2D eigenvalue weighted by molar-refractivity contribution is 5.99. The molecule has 0 spiro atoms. The molecule has 0 unspecified atom stereocenters. The first kappa shape index (κ1) is 21.9. The van der Waals surface area contributed by atoms with E-state index in [-0.39, 0.29) is 24.0 Å². The molecule has 1 aromatic carbocycles. The van der Waals surface area contributed by atoms with E-state index in [1.807, 2.05) is 43.0 Å². The molecule has 0 atom stereocenters. The van der Waals surface area contributed by atoms with Gasteiger partial charge in [0, 0.05) is 36.5 Å². The van der Waals surface area contributed by atoms with Gasteiger partial charge in [-0.05, 0) is 51.5 Å². The second kappa shape index (κ2) is 9.86. The highest BCUT2D eigenvalue weighted by atomic mass is 16.5. The molecule has 0 radical (unpaired) electrons. The van der Waals surface area contributed by atoms with Crippen molar-refractivity contribution in [3.63, 3.8) is 0 Å². The van der Waals surface area contributed by atoms with Crippen LogP contribution in [0.15, 0.2) is 28.7 Å². The van der Waals surface area contributed by atoms with Gasteiger partial charge in [0.15, 0.2) is 5.76 Å². The average molecular weight is 427 g/mol. The third-order valence-corrected chi connectivity index (χ3v) is 6.55. The number of furan rings is 1. The van der Waals surface area contributed by atoms with Crippen molar-refractivity contribution in [1.29, 1.82) is 0 Å². The van der Waals surface area contributed by atoms with E-state index in [2.05, 4.69) is 5.32 Å². The third-order valence-electron chi connectivity index (χ3n) is 6.55. The maximum atomic E-state index is 13.3. The minimum Gasteiger partial charge on any atom is -0.451 e. The van der Waals surface area contributed by atoms with Gasteiger partial charge < -0.3 is 19.4 Å². The van der Waals surface area contributed by atoms with Crippen LogP contribution in [0.1, 0.15) is 74.9 Å². The molecule has 4 rings (SSSR count). The number of carbonyl (C=O) groups excluding carboxylic acids is 2. The van der Waals surface area contributed by atoms with Gasteiger partial charge in [0.1, 0.15) is 5.58 Å². The number of benzene rings is 1. The van der Waals surface area contributed by atoms with Gasteiger partial charge >= 0.3 is 0 Å². The second-order valence-electron chi connectivity index (χ2n) is 9.25. The van der Waals surface area contributed by atoms with Crippen molar-refractivity contribution in [3.05, 3.63) is 35.6 Å². The van der Waals surface area contributed by atoms with Crippen LogP contribution in [-0.2, 0) is 16.1 Å². The lowest BCUT2D eigenvalue weighted by molar-refractivity contribution is -0.122. The first-order valence-corrected chi connectivity index (χ1v) is 11.7. The molecule has 1 N–H and O–H groups in total. The summed E-state index contributed by atoms with van der Waals surface area (Å²) >= 11 is 0. The first-order valence-electron chi connectivity index (χ1n) is 11.7. The Morgan fingerprint density at radius 3 is 2.55 bits per heavy atom. The monoisotopic (exact) mass is 426 g/mol. The molecule has 0 bridgehead atoms. The number of nitrogens with zero attached hydrogens (tertiary/aromatic N) is 1. The summed E-state index contributed by atoms with van der Waals surface area (Å²) in [6, 6.07) is 7.87. The summed E-state index contributed by atoms with van der Waals surface area (Å²) in [6.07, 6.45) is 7.15. The van der Waals surface area contributed by atoms with Crippen LogP contribution in [0.2, 0.25) is 0 Å². The number of carbonyl (C=O) groups is 2. The Morgan fingerprint density at radius 1 is 1.13 bits per heavy atom. The first-order chi connectivity index (χ1) is 15.0. The summed E-state index contributed by atoms with van der Waals surface area (Å²) in [5.41, 5.74) is 1.53. The van der Waals surface area contributed by atoms with Gasteiger partial charge in [0.25, 0.3) is 5.91 Å². The van der Waals surface area contributed by atoms with Crippen LogP contribution >= 0.6 is 0 Å². The van der Waals surface area contributed by atoms with Crippen LogP contribution in [-0.4, -0.2) is 41.9 Å². The van der Waals surface area contributed by atoms with Crippen LogP contribution in [0.5, 0.6) is 0 Å². The Bertz CT molecular complexity index is 905. The van der Waals surface area contributed by atoms with E-state index < -0.39 is 0 Å². The molecule has 2 amide bonds. The molecule has 1 aliphatic heterocycles. The molecule has 2 aliphatic rings. The lowest BCUT2D eigenvalue weighted by Gasteiger charge is -2.32. The molecule has 1 saturated heterocycles. The van der Waals surface area contributed by atoms with Crippen LogP contribution in [0.25, 0.3) is 11.0 Å². The van der Waals surface area contributed by atoms with Crippen LogP contribution in [0.3, 0.4) is 0 Å². The van der Waals surface area contributed by atoms with Crippen molar-refractivity contribution in [2.75, 3.05) is 13.1 Å². The Labute approximate surface area is 184 Å². The molecule has 2 fully saturated rings. The third kappa shape index (κ3) is 5.29. The van der Waals surface area contributed by atoms with Gasteiger partial charge in [-0.3, -0.25) is 9.59 Å². The summed E-state index contributed by atoms with van der Waals surface area (Å²) in [7, 11) is 0. The maximum Gasteiger partial charge on any atom is 0.289 e. The number of ether oxygens (including phenoxy) is 1. The molecule has 1 aromatic heterocycles. The quantitative estimate of drug-likeness (QED) is 0.699. The van der Waals surface area contributed by atoms with Crippen LogP contribution in [0, 0.1) is 5.92 Å². The minimum absolute atomic E-state index is 0.0696. The predicted octanol–water partition coefficient (Wildman–Crippen LogP) is 4.66. The van der Waals surface area contributed by atoms with Gasteiger partial charge in [-0.1, -0.05) is 31.0 Å². The Balaban J connectivity index is 1.37. The standard InChI is InChI=1S/C25H34N2O4/c1-17(2)30-16-21-20-9-5-6-10-22(20)31-24(21)25(29)27-13-11-19(12-14-27)26-23(28)15-18-7-3-4-8-18/h5-6,9-10,17-19H,3-4,7-8,11-16H2,1-2H3,(H,26,28). The summed E-state index contributed by atoms with van der Waals surface area (Å²) in [6.45, 7) is 5.55. The van der Waals surface area contributed by atoms with Crippen molar-refractivity contribution in [1.82, 2.24) is 10.2 Å². The summed E-state index contributed by atoms with van der Waals surface area (Å²) in [5.74, 6) is 1.02. The van der Waals surface area contributed by atoms with Crippen molar-refractivity contribution >= 4 is 22.8 Å². The fourth-order valence-electron chi connectivity index (χ4n) is 4.80. The van der Waals surface area contributed by atoms with Crippen molar-refractivity contribution < 1.29 is 18.7 Å². The number of hydrogen-bond donors (Lipinski definition) is 1. The molecule has 6 heteroatoms. The molecule has 31 heavy (non-hydrogen) atoms. The lowest BCUT2D eigenvalue weighted by atomic mass is 10.0. The number of piperidine rings is 1. The molecule has 1 aliphatic carbocycles. The minimum atomic E-state index is -0.0886. The van der Waals surface area contributed by atoms with E-state index in [9.17, 15) is 9.59 Å². The zero-order valence-electron chi connectivity index (χ0n) is 18.7. The normalized spacial score (nSPS) is 18.2. The highest BCUT2D eigenvalue weighted by Gasteiger charge is 2.30. The van der Waals surface area contributed by atoms with Gasteiger partial charge in [-0.25, -0.2) is 0 Å². The molecular formula is C25H34N2O4. The number of nitrogens with one attached hydrogen (secondary N) is 1. The van der Waals surface area contributed by atoms with E-state index in [1.165, 1.54) is 25.7 Å².